The fourth-order valence-electron chi connectivity index (χ4n) is 2.93. The standard InChI is InChI=1S/C20H25N5O/c1-3-10-21-20-22-13-16(14-23-20)19(26)24-17-4-6-18(7-5-17)25-11-8-15(2)9-12-25/h3-7,13-15H,1,8-12H2,2H3,(H,24,26)(H,21,22,23). The van der Waals surface area contributed by atoms with Crippen LogP contribution >= 0.6 is 0 Å². The molecule has 6 nitrogen and oxygen atoms in total. The number of rotatable bonds is 6. The summed E-state index contributed by atoms with van der Waals surface area (Å²) in [5.74, 6) is 1.06. The monoisotopic (exact) mass is 351 g/mol. The lowest BCUT2D eigenvalue weighted by atomic mass is 9.99. The molecule has 6 heteroatoms. The lowest BCUT2D eigenvalue weighted by molar-refractivity contribution is 0.102. The van der Waals surface area contributed by atoms with Crippen LogP contribution in [0.15, 0.2) is 49.3 Å². The molecule has 0 radical (unpaired) electrons. The number of carbonyl (C=O) groups excluding carboxylic acids is 1. The van der Waals surface area contributed by atoms with Crippen LogP contribution in [0.3, 0.4) is 0 Å². The van der Waals surface area contributed by atoms with Crippen LogP contribution in [0.1, 0.15) is 30.1 Å². The van der Waals surface area contributed by atoms with Crippen LogP contribution in [-0.2, 0) is 0 Å². The van der Waals surface area contributed by atoms with Crippen LogP contribution in [0.2, 0.25) is 0 Å². The van der Waals surface area contributed by atoms with Gasteiger partial charge in [-0.2, -0.15) is 0 Å². The van der Waals surface area contributed by atoms with E-state index < -0.39 is 0 Å². The highest BCUT2D eigenvalue weighted by Crippen LogP contribution is 2.24. The molecule has 26 heavy (non-hydrogen) atoms. The van der Waals surface area contributed by atoms with Crippen molar-refractivity contribution in [1.29, 1.82) is 0 Å². The first-order valence-electron chi connectivity index (χ1n) is 8.99. The summed E-state index contributed by atoms with van der Waals surface area (Å²) in [6, 6.07) is 7.99. The summed E-state index contributed by atoms with van der Waals surface area (Å²) in [5.41, 5.74) is 2.39. The van der Waals surface area contributed by atoms with E-state index in [-0.39, 0.29) is 5.91 Å². The van der Waals surface area contributed by atoms with Gasteiger partial charge >= 0.3 is 0 Å². The summed E-state index contributed by atoms with van der Waals surface area (Å²) in [7, 11) is 0. The van der Waals surface area contributed by atoms with Crippen LogP contribution < -0.4 is 15.5 Å². The van der Waals surface area contributed by atoms with Crippen LogP contribution in [0.5, 0.6) is 0 Å². The number of nitrogens with zero attached hydrogens (tertiary/aromatic N) is 3. The topological polar surface area (TPSA) is 70.2 Å². The highest BCUT2D eigenvalue weighted by Gasteiger charge is 2.16. The van der Waals surface area contributed by atoms with Gasteiger partial charge in [0.15, 0.2) is 0 Å². The normalized spacial score (nSPS) is 14.7. The van der Waals surface area contributed by atoms with Crippen molar-refractivity contribution in [1.82, 2.24) is 9.97 Å². The van der Waals surface area contributed by atoms with Gasteiger partial charge in [-0.25, -0.2) is 9.97 Å². The molecule has 1 aromatic heterocycles. The summed E-state index contributed by atoms with van der Waals surface area (Å²) >= 11 is 0. The Morgan fingerprint density at radius 3 is 2.50 bits per heavy atom. The molecule has 2 N–H and O–H groups in total. The number of benzene rings is 1. The molecular formula is C20H25N5O. The average molecular weight is 351 g/mol. The summed E-state index contributed by atoms with van der Waals surface area (Å²) in [6.07, 6.45) is 7.21. The largest absolute Gasteiger partial charge is 0.372 e. The fourth-order valence-corrected chi connectivity index (χ4v) is 2.93. The molecule has 136 valence electrons. The Hall–Kier alpha value is -2.89. The van der Waals surface area contributed by atoms with Gasteiger partial charge in [-0.3, -0.25) is 4.79 Å². The molecule has 0 unspecified atom stereocenters. The smallest absolute Gasteiger partial charge is 0.258 e. The van der Waals surface area contributed by atoms with Gasteiger partial charge < -0.3 is 15.5 Å². The Labute approximate surface area is 154 Å². The molecule has 1 fully saturated rings. The number of hydrogen-bond donors (Lipinski definition) is 2. The molecule has 2 heterocycles. The van der Waals surface area contributed by atoms with E-state index in [4.69, 9.17) is 0 Å². The van der Waals surface area contributed by atoms with E-state index in [1.165, 1.54) is 30.9 Å². The minimum Gasteiger partial charge on any atom is -0.372 e. The minimum atomic E-state index is -0.222. The molecule has 1 aliphatic rings. The van der Waals surface area contributed by atoms with Gasteiger partial charge in [-0.15, -0.1) is 6.58 Å². The first-order valence-corrected chi connectivity index (χ1v) is 8.99. The second-order valence-corrected chi connectivity index (χ2v) is 6.64. The SMILES string of the molecule is C=CCNc1ncc(C(=O)Nc2ccc(N3CCC(C)CC3)cc2)cn1. The second kappa shape index (κ2) is 8.47. The summed E-state index contributed by atoms with van der Waals surface area (Å²) in [4.78, 5) is 23.0. The number of amides is 1. The molecule has 0 saturated carbocycles. The van der Waals surface area contributed by atoms with Gasteiger partial charge in [0, 0.05) is 43.4 Å². The summed E-state index contributed by atoms with van der Waals surface area (Å²) in [6.45, 7) is 8.69. The Balaban J connectivity index is 1.58. The van der Waals surface area contributed by atoms with Gasteiger partial charge in [0.25, 0.3) is 5.91 Å². The zero-order chi connectivity index (χ0) is 18.4. The third-order valence-electron chi connectivity index (χ3n) is 4.59. The number of carbonyl (C=O) groups is 1. The quantitative estimate of drug-likeness (QED) is 0.779. The van der Waals surface area contributed by atoms with Crippen molar-refractivity contribution >= 4 is 23.2 Å². The number of nitrogens with one attached hydrogen (secondary N) is 2. The first kappa shape index (κ1) is 17.9. The van der Waals surface area contributed by atoms with Gasteiger partial charge in [-0.1, -0.05) is 13.0 Å². The molecule has 1 aliphatic heterocycles. The zero-order valence-electron chi connectivity index (χ0n) is 15.1. The third-order valence-corrected chi connectivity index (χ3v) is 4.59. The Morgan fingerprint density at radius 2 is 1.88 bits per heavy atom. The van der Waals surface area contributed by atoms with Crippen LogP contribution in [0.4, 0.5) is 17.3 Å². The third kappa shape index (κ3) is 4.59. The predicted molar refractivity (Wildman–Crippen MR) is 106 cm³/mol. The molecule has 0 spiro atoms. The number of hydrogen-bond acceptors (Lipinski definition) is 5. The van der Waals surface area contributed by atoms with Crippen molar-refractivity contribution in [2.75, 3.05) is 35.2 Å². The first-order chi connectivity index (χ1) is 12.7. The molecule has 2 aromatic rings. The van der Waals surface area contributed by atoms with Crippen molar-refractivity contribution in [2.24, 2.45) is 5.92 Å². The van der Waals surface area contributed by atoms with Crippen molar-refractivity contribution in [3.05, 3.63) is 54.9 Å². The van der Waals surface area contributed by atoms with Crippen molar-refractivity contribution in [3.63, 3.8) is 0 Å². The highest BCUT2D eigenvalue weighted by molar-refractivity contribution is 6.03. The molecule has 0 atom stereocenters. The van der Waals surface area contributed by atoms with Gasteiger partial charge in [0.2, 0.25) is 5.95 Å². The van der Waals surface area contributed by atoms with Crippen molar-refractivity contribution in [3.8, 4) is 0 Å². The highest BCUT2D eigenvalue weighted by atomic mass is 16.1. The molecule has 0 aliphatic carbocycles. The molecule has 1 saturated heterocycles. The van der Waals surface area contributed by atoms with Crippen LogP contribution in [0, 0.1) is 5.92 Å². The summed E-state index contributed by atoms with van der Waals surface area (Å²) in [5, 5.41) is 5.86. The number of piperidine rings is 1. The van der Waals surface area contributed by atoms with Gasteiger partial charge in [0.05, 0.1) is 5.56 Å². The van der Waals surface area contributed by atoms with E-state index in [1.54, 1.807) is 6.08 Å². The van der Waals surface area contributed by atoms with Crippen LogP contribution in [0.25, 0.3) is 0 Å². The van der Waals surface area contributed by atoms with E-state index in [9.17, 15) is 4.79 Å². The average Bonchev–Trinajstić information content (AvgIpc) is 2.68. The maximum atomic E-state index is 12.3. The second-order valence-electron chi connectivity index (χ2n) is 6.64. The maximum Gasteiger partial charge on any atom is 0.258 e. The molecule has 3 rings (SSSR count). The minimum absolute atomic E-state index is 0.222. The maximum absolute atomic E-state index is 12.3. The number of anilines is 3. The van der Waals surface area contributed by atoms with Crippen LogP contribution in [-0.4, -0.2) is 35.5 Å². The molecule has 1 aromatic carbocycles. The van der Waals surface area contributed by atoms with E-state index >= 15 is 0 Å². The van der Waals surface area contributed by atoms with E-state index in [2.05, 4.69) is 51.1 Å². The lowest BCUT2D eigenvalue weighted by Crippen LogP contribution is -2.32. The predicted octanol–water partition coefficient (Wildman–Crippen LogP) is 3.56. The Kier molecular flexibility index (Phi) is 5.84. The Bertz CT molecular complexity index is 734. The van der Waals surface area contributed by atoms with Gasteiger partial charge in [0.1, 0.15) is 0 Å². The van der Waals surface area contributed by atoms with Gasteiger partial charge in [-0.05, 0) is 43.0 Å². The number of aromatic nitrogens is 2. The van der Waals surface area contributed by atoms with E-state index in [0.717, 1.165) is 24.7 Å². The molecule has 1 amide bonds. The lowest BCUT2D eigenvalue weighted by Gasteiger charge is -2.32. The Morgan fingerprint density at radius 1 is 1.23 bits per heavy atom. The fraction of sp³-hybridized carbons (Fsp3) is 0.350. The molecule has 0 bridgehead atoms. The van der Waals surface area contributed by atoms with E-state index in [1.807, 2.05) is 12.1 Å². The summed E-state index contributed by atoms with van der Waals surface area (Å²) < 4.78 is 0. The van der Waals surface area contributed by atoms with Crippen molar-refractivity contribution in [2.45, 2.75) is 19.8 Å². The molecular weight excluding hydrogens is 326 g/mol. The van der Waals surface area contributed by atoms with E-state index in [0.29, 0.717) is 18.1 Å². The zero-order valence-corrected chi connectivity index (χ0v) is 15.1. The van der Waals surface area contributed by atoms with Crippen molar-refractivity contribution < 1.29 is 4.79 Å².